The van der Waals surface area contributed by atoms with Crippen LogP contribution in [-0.4, -0.2) is 10.1 Å². The van der Waals surface area contributed by atoms with Crippen LogP contribution in [0.3, 0.4) is 0 Å². The van der Waals surface area contributed by atoms with Crippen molar-refractivity contribution in [2.24, 2.45) is 0 Å². The van der Waals surface area contributed by atoms with E-state index in [-0.39, 0.29) is 0 Å². The summed E-state index contributed by atoms with van der Waals surface area (Å²) in [7, 11) is 0. The fourth-order valence-corrected chi connectivity index (χ4v) is 2.02. The molecule has 1 atom stereocenters. The number of nitrogens with zero attached hydrogens (tertiary/aromatic N) is 2. The number of aromatic nitrogens is 1. The van der Waals surface area contributed by atoms with Crippen LogP contribution in [0.4, 0.5) is 0 Å². The van der Waals surface area contributed by atoms with E-state index in [1.807, 2.05) is 19.1 Å². The Kier molecular flexibility index (Phi) is 3.14. The maximum Gasteiger partial charge on any atom is 0.114 e. The highest BCUT2D eigenvalue weighted by Gasteiger charge is 2.27. The van der Waals surface area contributed by atoms with Crippen LogP contribution in [-0.2, 0) is 5.60 Å². The molecule has 18 heavy (non-hydrogen) atoms. The predicted molar refractivity (Wildman–Crippen MR) is 68.8 cm³/mol. The lowest BCUT2D eigenvalue weighted by Crippen LogP contribution is -2.24. The van der Waals surface area contributed by atoms with E-state index in [2.05, 4.69) is 11.1 Å². The number of hydrogen-bond donors (Lipinski definition) is 1. The fourth-order valence-electron chi connectivity index (χ4n) is 2.02. The van der Waals surface area contributed by atoms with Crippen LogP contribution in [0.15, 0.2) is 42.7 Å². The van der Waals surface area contributed by atoms with Crippen LogP contribution in [0, 0.1) is 18.3 Å². The van der Waals surface area contributed by atoms with Gasteiger partial charge in [0.25, 0.3) is 0 Å². The van der Waals surface area contributed by atoms with Crippen molar-refractivity contribution in [2.75, 3.05) is 0 Å². The molecule has 0 amide bonds. The summed E-state index contributed by atoms with van der Waals surface area (Å²) in [5, 5.41) is 19.6. The minimum Gasteiger partial charge on any atom is -0.381 e. The highest BCUT2D eigenvalue weighted by molar-refractivity contribution is 5.42. The molecule has 1 aromatic heterocycles. The Morgan fingerprint density at radius 3 is 2.78 bits per heavy atom. The first kappa shape index (κ1) is 12.3. The molecule has 0 bridgehead atoms. The first-order chi connectivity index (χ1) is 8.55. The molecule has 0 radical (unpaired) electrons. The normalized spacial score (nSPS) is 13.7. The van der Waals surface area contributed by atoms with Gasteiger partial charge in [-0.1, -0.05) is 12.1 Å². The molecule has 0 saturated heterocycles. The lowest BCUT2D eigenvalue weighted by molar-refractivity contribution is 0.101. The molecule has 1 N–H and O–H groups in total. The summed E-state index contributed by atoms with van der Waals surface area (Å²) < 4.78 is 0. The van der Waals surface area contributed by atoms with Crippen molar-refractivity contribution in [2.45, 2.75) is 19.4 Å². The zero-order valence-corrected chi connectivity index (χ0v) is 10.4. The zero-order chi connectivity index (χ0) is 13.2. The third-order valence-corrected chi connectivity index (χ3v) is 3.12. The maximum absolute atomic E-state index is 10.7. The number of hydrogen-bond acceptors (Lipinski definition) is 3. The summed E-state index contributed by atoms with van der Waals surface area (Å²) >= 11 is 0. The van der Waals surface area contributed by atoms with Gasteiger partial charge in [-0.2, -0.15) is 5.26 Å². The number of benzene rings is 1. The van der Waals surface area contributed by atoms with Crippen molar-refractivity contribution >= 4 is 0 Å². The fraction of sp³-hybridized carbons (Fsp3) is 0.200. The smallest absolute Gasteiger partial charge is 0.114 e. The van der Waals surface area contributed by atoms with Gasteiger partial charge in [-0.3, -0.25) is 4.98 Å². The van der Waals surface area contributed by atoms with Crippen molar-refractivity contribution in [1.82, 2.24) is 4.98 Å². The van der Waals surface area contributed by atoms with E-state index >= 15 is 0 Å². The van der Waals surface area contributed by atoms with Gasteiger partial charge in [-0.05, 0) is 43.2 Å². The molecule has 2 aromatic rings. The SMILES string of the molecule is Cc1ccncc1C(C)(O)c1cccc(C#N)c1. The minimum absolute atomic E-state index is 0.536. The maximum atomic E-state index is 10.7. The summed E-state index contributed by atoms with van der Waals surface area (Å²) in [6.45, 7) is 3.65. The topological polar surface area (TPSA) is 56.9 Å². The standard InChI is InChI=1S/C15H14N2O/c1-11-6-7-17-10-14(11)15(2,18)13-5-3-4-12(8-13)9-16/h3-8,10,18H,1-2H3. The summed E-state index contributed by atoms with van der Waals surface area (Å²) in [5.74, 6) is 0. The van der Waals surface area contributed by atoms with Gasteiger partial charge in [0, 0.05) is 18.0 Å². The van der Waals surface area contributed by atoms with E-state index in [0.29, 0.717) is 11.1 Å². The molecule has 1 aromatic carbocycles. The molecule has 1 heterocycles. The Bertz CT molecular complexity index is 612. The second kappa shape index (κ2) is 4.59. The molecular formula is C15H14N2O. The van der Waals surface area contributed by atoms with E-state index in [1.54, 1.807) is 37.5 Å². The Balaban J connectivity index is 2.55. The van der Waals surface area contributed by atoms with Gasteiger partial charge in [0.1, 0.15) is 5.60 Å². The summed E-state index contributed by atoms with van der Waals surface area (Å²) in [6, 6.07) is 10.9. The summed E-state index contributed by atoms with van der Waals surface area (Å²) in [4.78, 5) is 4.05. The first-order valence-electron chi connectivity index (χ1n) is 5.70. The van der Waals surface area contributed by atoms with Crippen LogP contribution >= 0.6 is 0 Å². The number of aliphatic hydroxyl groups is 1. The molecule has 1 unspecified atom stereocenters. The van der Waals surface area contributed by atoms with Crippen LogP contribution in [0.1, 0.15) is 29.2 Å². The predicted octanol–water partition coefficient (Wildman–Crippen LogP) is 2.52. The molecular weight excluding hydrogens is 224 g/mol. The van der Waals surface area contributed by atoms with Crippen molar-refractivity contribution in [3.05, 3.63) is 65.0 Å². The van der Waals surface area contributed by atoms with Gasteiger partial charge in [0.05, 0.1) is 11.6 Å². The van der Waals surface area contributed by atoms with Crippen molar-refractivity contribution in [1.29, 1.82) is 5.26 Å². The molecule has 2 rings (SSSR count). The Labute approximate surface area is 106 Å². The highest BCUT2D eigenvalue weighted by atomic mass is 16.3. The van der Waals surface area contributed by atoms with Gasteiger partial charge in [0.2, 0.25) is 0 Å². The number of aryl methyl sites for hydroxylation is 1. The van der Waals surface area contributed by atoms with Crippen molar-refractivity contribution in [3.8, 4) is 6.07 Å². The first-order valence-corrected chi connectivity index (χ1v) is 5.70. The summed E-state index contributed by atoms with van der Waals surface area (Å²) in [5.41, 5.74) is 1.80. The van der Waals surface area contributed by atoms with Gasteiger partial charge in [-0.25, -0.2) is 0 Å². The van der Waals surface area contributed by atoms with Crippen LogP contribution < -0.4 is 0 Å². The largest absolute Gasteiger partial charge is 0.381 e. The average molecular weight is 238 g/mol. The van der Waals surface area contributed by atoms with Crippen LogP contribution in [0.25, 0.3) is 0 Å². The average Bonchev–Trinajstić information content (AvgIpc) is 2.39. The summed E-state index contributed by atoms with van der Waals surface area (Å²) in [6.07, 6.45) is 3.36. The van der Waals surface area contributed by atoms with Crippen molar-refractivity contribution < 1.29 is 5.11 Å². The quantitative estimate of drug-likeness (QED) is 0.874. The van der Waals surface area contributed by atoms with Gasteiger partial charge < -0.3 is 5.11 Å². The molecule has 0 fully saturated rings. The lowest BCUT2D eigenvalue weighted by atomic mass is 9.86. The molecule has 3 nitrogen and oxygen atoms in total. The number of rotatable bonds is 2. The molecule has 0 spiro atoms. The molecule has 0 aliphatic rings. The van der Waals surface area contributed by atoms with E-state index in [4.69, 9.17) is 5.26 Å². The van der Waals surface area contributed by atoms with Gasteiger partial charge >= 0.3 is 0 Å². The second-order valence-electron chi connectivity index (χ2n) is 4.46. The number of nitriles is 1. The minimum atomic E-state index is -1.15. The monoisotopic (exact) mass is 238 g/mol. The highest BCUT2D eigenvalue weighted by Crippen LogP contribution is 2.30. The Morgan fingerprint density at radius 1 is 1.33 bits per heavy atom. The Hall–Kier alpha value is -2.18. The van der Waals surface area contributed by atoms with Crippen LogP contribution in [0.5, 0.6) is 0 Å². The third-order valence-electron chi connectivity index (χ3n) is 3.12. The zero-order valence-electron chi connectivity index (χ0n) is 10.4. The third kappa shape index (κ3) is 2.11. The molecule has 3 heteroatoms. The number of pyridine rings is 1. The molecule has 0 aliphatic heterocycles. The molecule has 0 aliphatic carbocycles. The molecule has 90 valence electrons. The van der Waals surface area contributed by atoms with E-state index < -0.39 is 5.60 Å². The van der Waals surface area contributed by atoms with Crippen LogP contribution in [0.2, 0.25) is 0 Å². The van der Waals surface area contributed by atoms with Crippen molar-refractivity contribution in [3.63, 3.8) is 0 Å². The van der Waals surface area contributed by atoms with Gasteiger partial charge in [-0.15, -0.1) is 0 Å². The van der Waals surface area contributed by atoms with E-state index in [1.165, 1.54) is 0 Å². The van der Waals surface area contributed by atoms with Gasteiger partial charge in [0.15, 0.2) is 0 Å². The molecule has 0 saturated carbocycles. The van der Waals surface area contributed by atoms with E-state index in [0.717, 1.165) is 11.1 Å². The Morgan fingerprint density at radius 2 is 2.11 bits per heavy atom. The second-order valence-corrected chi connectivity index (χ2v) is 4.46. The van der Waals surface area contributed by atoms with E-state index in [9.17, 15) is 5.11 Å². The lowest BCUT2D eigenvalue weighted by Gasteiger charge is -2.25.